The van der Waals surface area contributed by atoms with Gasteiger partial charge in [0.1, 0.15) is 5.82 Å². The maximum absolute atomic E-state index is 12.6. The number of aromatic nitrogens is 2. The van der Waals surface area contributed by atoms with E-state index in [0.29, 0.717) is 6.54 Å². The first-order valence-corrected chi connectivity index (χ1v) is 5.67. The van der Waals surface area contributed by atoms with Crippen LogP contribution in [0.2, 0.25) is 0 Å². The number of carbonyl (C=O) groups excluding carboxylic acids is 1. The summed E-state index contributed by atoms with van der Waals surface area (Å²) in [4.78, 5) is 16.8. The van der Waals surface area contributed by atoms with Crippen molar-refractivity contribution in [1.29, 1.82) is 0 Å². The van der Waals surface area contributed by atoms with Gasteiger partial charge in [0.15, 0.2) is 0 Å². The molecule has 1 aromatic heterocycles. The number of halogens is 2. The zero-order valence-corrected chi connectivity index (χ0v) is 10.5. The molecule has 0 saturated heterocycles. The van der Waals surface area contributed by atoms with Crippen molar-refractivity contribution in [2.45, 2.75) is 26.4 Å². The van der Waals surface area contributed by atoms with Crippen molar-refractivity contribution < 1.29 is 18.3 Å². The lowest BCUT2D eigenvalue weighted by Crippen LogP contribution is -2.32. The Morgan fingerprint density at radius 2 is 2.33 bits per heavy atom. The number of carbonyl (C=O) groups is 1. The minimum absolute atomic E-state index is 0.0699. The van der Waals surface area contributed by atoms with Crippen LogP contribution in [0.15, 0.2) is 12.4 Å². The van der Waals surface area contributed by atoms with Crippen LogP contribution in [0, 0.1) is 0 Å². The third-order valence-electron chi connectivity index (χ3n) is 2.44. The Labute approximate surface area is 104 Å². The summed E-state index contributed by atoms with van der Waals surface area (Å²) < 4.78 is 30.6. The maximum Gasteiger partial charge on any atom is 0.319 e. The summed E-state index contributed by atoms with van der Waals surface area (Å²) in [7, 11) is 1.30. The van der Waals surface area contributed by atoms with E-state index in [1.165, 1.54) is 19.5 Å². The molecule has 0 N–H and O–H groups in total. The molecule has 0 saturated carbocycles. The van der Waals surface area contributed by atoms with Crippen molar-refractivity contribution >= 4 is 5.97 Å². The van der Waals surface area contributed by atoms with Gasteiger partial charge in [-0.3, -0.25) is 14.3 Å². The highest BCUT2D eigenvalue weighted by Gasteiger charge is 2.16. The van der Waals surface area contributed by atoms with E-state index in [-0.39, 0.29) is 18.9 Å². The van der Waals surface area contributed by atoms with Gasteiger partial charge in [0.25, 0.3) is 0 Å². The number of ether oxygens (including phenoxy) is 1. The first-order valence-electron chi connectivity index (χ1n) is 5.67. The molecule has 0 amide bonds. The van der Waals surface area contributed by atoms with Crippen molar-refractivity contribution in [3.8, 4) is 0 Å². The molecular formula is C11H17F2N3O2. The zero-order chi connectivity index (χ0) is 13.5. The largest absolute Gasteiger partial charge is 0.468 e. The molecule has 0 unspecified atom stereocenters. The van der Waals surface area contributed by atoms with Gasteiger partial charge >= 0.3 is 12.5 Å². The molecule has 5 nitrogen and oxygen atoms in total. The number of hydrogen-bond donors (Lipinski definition) is 0. The van der Waals surface area contributed by atoms with Gasteiger partial charge in [0, 0.05) is 12.4 Å². The second kappa shape index (κ2) is 7.05. The van der Waals surface area contributed by atoms with Crippen LogP contribution in [0.1, 0.15) is 25.7 Å². The van der Waals surface area contributed by atoms with Crippen LogP contribution in [0.4, 0.5) is 8.78 Å². The first kappa shape index (κ1) is 14.6. The van der Waals surface area contributed by atoms with Crippen LogP contribution in [0.3, 0.4) is 0 Å². The van der Waals surface area contributed by atoms with E-state index in [9.17, 15) is 13.6 Å². The highest BCUT2D eigenvalue weighted by atomic mass is 19.3. The third-order valence-corrected chi connectivity index (χ3v) is 2.44. The highest BCUT2D eigenvalue weighted by Crippen LogP contribution is 2.14. The predicted octanol–water partition coefficient (Wildman–Crippen LogP) is 1.66. The summed E-state index contributed by atoms with van der Waals surface area (Å²) in [6.45, 7) is 0.208. The van der Waals surface area contributed by atoms with E-state index < -0.39 is 12.5 Å². The second-order valence-corrected chi connectivity index (χ2v) is 3.82. The van der Waals surface area contributed by atoms with E-state index in [1.54, 1.807) is 4.90 Å². The number of rotatable bonds is 7. The van der Waals surface area contributed by atoms with Crippen molar-refractivity contribution in [3.05, 3.63) is 18.2 Å². The van der Waals surface area contributed by atoms with E-state index in [2.05, 4.69) is 9.72 Å². The minimum Gasteiger partial charge on any atom is -0.468 e. The molecule has 0 radical (unpaired) electrons. The molecule has 0 aliphatic carbocycles. The van der Waals surface area contributed by atoms with E-state index in [4.69, 9.17) is 0 Å². The summed E-state index contributed by atoms with van der Waals surface area (Å²) in [6.07, 6.45) is 3.36. The van der Waals surface area contributed by atoms with E-state index in [0.717, 1.165) is 11.0 Å². The highest BCUT2D eigenvalue weighted by molar-refractivity contribution is 5.71. The molecule has 1 rings (SSSR count). The molecule has 0 fully saturated rings. The molecule has 102 valence electrons. The van der Waals surface area contributed by atoms with Crippen molar-refractivity contribution in [1.82, 2.24) is 14.5 Å². The van der Waals surface area contributed by atoms with Gasteiger partial charge in [-0.25, -0.2) is 4.98 Å². The van der Waals surface area contributed by atoms with Gasteiger partial charge in [-0.2, -0.15) is 8.78 Å². The summed E-state index contributed by atoms with van der Waals surface area (Å²) in [6, 6.07) is 0. The molecule has 18 heavy (non-hydrogen) atoms. The zero-order valence-electron chi connectivity index (χ0n) is 10.5. The molecule has 0 aliphatic rings. The van der Waals surface area contributed by atoms with Crippen molar-refractivity contribution in [3.63, 3.8) is 0 Å². The molecule has 0 aromatic carbocycles. The number of imidazole rings is 1. The molecule has 7 heteroatoms. The standard InChI is InChI=1S/C11H17F2N3O2/c1-3-5-15(8-10(17)18-2)7-9-14-4-6-16(9)11(12)13/h4,6,11H,3,5,7-8H2,1-2H3. The van der Waals surface area contributed by atoms with Crippen molar-refractivity contribution in [2.24, 2.45) is 0 Å². The lowest BCUT2D eigenvalue weighted by Gasteiger charge is -2.20. The van der Waals surface area contributed by atoms with Crippen LogP contribution in [-0.2, 0) is 16.1 Å². The van der Waals surface area contributed by atoms with Gasteiger partial charge < -0.3 is 4.74 Å². The van der Waals surface area contributed by atoms with Gasteiger partial charge in [-0.05, 0) is 13.0 Å². The fraction of sp³-hybridized carbons (Fsp3) is 0.636. The number of alkyl halides is 2. The Balaban J connectivity index is 2.70. The number of hydrogen-bond acceptors (Lipinski definition) is 4. The third kappa shape index (κ3) is 4.06. The van der Waals surface area contributed by atoms with Crippen LogP contribution in [0.25, 0.3) is 0 Å². The number of esters is 1. The molecule has 0 aliphatic heterocycles. The fourth-order valence-electron chi connectivity index (χ4n) is 1.62. The predicted molar refractivity (Wildman–Crippen MR) is 61.1 cm³/mol. The van der Waals surface area contributed by atoms with Gasteiger partial charge in [-0.1, -0.05) is 6.92 Å². The molecular weight excluding hydrogens is 244 g/mol. The van der Waals surface area contributed by atoms with Crippen LogP contribution in [-0.4, -0.2) is 40.6 Å². The van der Waals surface area contributed by atoms with Gasteiger partial charge in [0.2, 0.25) is 0 Å². The first-order chi connectivity index (χ1) is 8.58. The second-order valence-electron chi connectivity index (χ2n) is 3.82. The molecule has 0 spiro atoms. The normalized spacial score (nSPS) is 11.2. The lowest BCUT2D eigenvalue weighted by atomic mass is 10.4. The summed E-state index contributed by atoms with van der Waals surface area (Å²) in [5.41, 5.74) is 0. The molecule has 0 atom stereocenters. The average molecular weight is 261 g/mol. The maximum atomic E-state index is 12.6. The fourth-order valence-corrected chi connectivity index (χ4v) is 1.62. The molecule has 1 aromatic rings. The average Bonchev–Trinajstić information content (AvgIpc) is 2.77. The van der Waals surface area contributed by atoms with Crippen molar-refractivity contribution in [2.75, 3.05) is 20.2 Å². The summed E-state index contributed by atoms with van der Waals surface area (Å²) in [5, 5.41) is 0. The minimum atomic E-state index is -2.62. The Bertz CT molecular complexity index is 382. The molecule has 1 heterocycles. The summed E-state index contributed by atoms with van der Waals surface area (Å²) >= 11 is 0. The van der Waals surface area contributed by atoms with Crippen LogP contribution >= 0.6 is 0 Å². The van der Waals surface area contributed by atoms with Crippen LogP contribution < -0.4 is 0 Å². The Morgan fingerprint density at radius 3 is 2.89 bits per heavy atom. The quantitative estimate of drug-likeness (QED) is 0.700. The van der Waals surface area contributed by atoms with E-state index >= 15 is 0 Å². The Hall–Kier alpha value is -1.50. The number of nitrogens with zero attached hydrogens (tertiary/aromatic N) is 3. The SMILES string of the molecule is CCCN(CC(=O)OC)Cc1nccn1C(F)F. The lowest BCUT2D eigenvalue weighted by molar-refractivity contribution is -0.142. The van der Waals surface area contributed by atoms with Crippen LogP contribution in [0.5, 0.6) is 0 Å². The Morgan fingerprint density at radius 1 is 1.61 bits per heavy atom. The summed E-state index contributed by atoms with van der Waals surface area (Å²) in [5.74, 6) is -0.152. The number of methoxy groups -OCH3 is 1. The van der Waals surface area contributed by atoms with E-state index in [1.807, 2.05) is 6.92 Å². The smallest absolute Gasteiger partial charge is 0.319 e. The van der Waals surface area contributed by atoms with Gasteiger partial charge in [0.05, 0.1) is 20.2 Å². The topological polar surface area (TPSA) is 47.4 Å². The molecule has 0 bridgehead atoms. The van der Waals surface area contributed by atoms with Gasteiger partial charge in [-0.15, -0.1) is 0 Å². The monoisotopic (exact) mass is 261 g/mol. The Kier molecular flexibility index (Phi) is 5.70.